The first-order valence-corrected chi connectivity index (χ1v) is 14.7. The second kappa shape index (κ2) is 14.6. The molecule has 13 heteroatoms. The summed E-state index contributed by atoms with van der Waals surface area (Å²) in [5.41, 5.74) is -0.900. The molecule has 0 radical (unpaired) electrons. The van der Waals surface area contributed by atoms with Crippen molar-refractivity contribution < 1.29 is 36.6 Å². The van der Waals surface area contributed by atoms with Gasteiger partial charge in [-0.15, -0.1) is 0 Å². The largest absolute Gasteiger partial charge is 0.497 e. The van der Waals surface area contributed by atoms with E-state index in [2.05, 4.69) is 15.6 Å². The molecule has 0 saturated carbocycles. The minimum atomic E-state index is -4.77. The number of methoxy groups -OCH3 is 1. The van der Waals surface area contributed by atoms with Crippen molar-refractivity contribution in [1.29, 1.82) is 0 Å². The van der Waals surface area contributed by atoms with Gasteiger partial charge in [0, 0.05) is 56.1 Å². The number of amides is 2. The van der Waals surface area contributed by atoms with Crippen molar-refractivity contribution in [1.82, 2.24) is 20.5 Å². The van der Waals surface area contributed by atoms with E-state index in [4.69, 9.17) is 9.47 Å². The number of benzene rings is 2. The number of anilines is 1. The summed E-state index contributed by atoms with van der Waals surface area (Å²) in [4.78, 5) is 34.4. The Balaban J connectivity index is 1.71. The fourth-order valence-corrected chi connectivity index (χ4v) is 5.41. The van der Waals surface area contributed by atoms with Crippen molar-refractivity contribution in [2.75, 3.05) is 58.4 Å². The molecule has 242 valence electrons. The van der Waals surface area contributed by atoms with Crippen LogP contribution in [0.3, 0.4) is 0 Å². The van der Waals surface area contributed by atoms with Crippen molar-refractivity contribution in [2.24, 2.45) is 0 Å². The lowest BCUT2D eigenvalue weighted by Gasteiger charge is -2.43. The predicted molar refractivity (Wildman–Crippen MR) is 162 cm³/mol. The molecule has 2 aromatic carbocycles. The molecule has 9 nitrogen and oxygen atoms in total. The van der Waals surface area contributed by atoms with E-state index in [1.807, 2.05) is 11.8 Å². The molecule has 45 heavy (non-hydrogen) atoms. The molecule has 1 aromatic heterocycles. The Bertz CT molecular complexity index is 1520. The summed E-state index contributed by atoms with van der Waals surface area (Å²) >= 11 is 0. The molecular formula is C32H37F4N5O4. The summed E-state index contributed by atoms with van der Waals surface area (Å²) in [6.45, 7) is 4.95. The monoisotopic (exact) mass is 631 g/mol. The molecule has 1 aliphatic heterocycles. The average molecular weight is 632 g/mol. The first kappa shape index (κ1) is 33.5. The van der Waals surface area contributed by atoms with Gasteiger partial charge in [-0.1, -0.05) is 6.92 Å². The van der Waals surface area contributed by atoms with Crippen LogP contribution in [0, 0.1) is 5.82 Å². The number of rotatable bonds is 11. The van der Waals surface area contributed by atoms with Crippen molar-refractivity contribution in [2.45, 2.75) is 32.5 Å². The number of alkyl halides is 3. The zero-order valence-corrected chi connectivity index (χ0v) is 25.6. The van der Waals surface area contributed by atoms with E-state index < -0.39 is 41.0 Å². The zero-order valence-electron chi connectivity index (χ0n) is 25.6. The number of pyridine rings is 1. The van der Waals surface area contributed by atoms with Gasteiger partial charge in [0.15, 0.2) is 0 Å². The van der Waals surface area contributed by atoms with Gasteiger partial charge >= 0.3 is 6.18 Å². The van der Waals surface area contributed by atoms with E-state index >= 15 is 4.39 Å². The third kappa shape index (κ3) is 7.30. The van der Waals surface area contributed by atoms with Crippen LogP contribution in [0.5, 0.6) is 11.6 Å². The van der Waals surface area contributed by atoms with Crippen LogP contribution in [0.15, 0.2) is 48.7 Å². The van der Waals surface area contributed by atoms with Gasteiger partial charge in [0.05, 0.1) is 36.1 Å². The van der Waals surface area contributed by atoms with Gasteiger partial charge in [-0.3, -0.25) is 9.59 Å². The van der Waals surface area contributed by atoms with Crippen LogP contribution in [0.1, 0.15) is 46.5 Å². The molecule has 3 aromatic rings. The van der Waals surface area contributed by atoms with Gasteiger partial charge in [-0.2, -0.15) is 13.2 Å². The third-order valence-electron chi connectivity index (χ3n) is 7.66. The first-order valence-electron chi connectivity index (χ1n) is 14.7. The van der Waals surface area contributed by atoms with Gasteiger partial charge < -0.3 is 29.9 Å². The number of nitrogens with one attached hydrogen (secondary N) is 2. The molecule has 1 atom stereocenters. The van der Waals surface area contributed by atoms with E-state index in [0.29, 0.717) is 30.8 Å². The van der Waals surface area contributed by atoms with Crippen molar-refractivity contribution >= 4 is 17.5 Å². The van der Waals surface area contributed by atoms with E-state index in [-0.39, 0.29) is 48.9 Å². The maximum absolute atomic E-state index is 16.5. The van der Waals surface area contributed by atoms with Gasteiger partial charge in [-0.05, 0) is 62.9 Å². The van der Waals surface area contributed by atoms with Gasteiger partial charge in [0.1, 0.15) is 11.6 Å². The van der Waals surface area contributed by atoms with Crippen LogP contribution in [-0.4, -0.2) is 81.2 Å². The number of piperazine rings is 1. The second-order valence-electron chi connectivity index (χ2n) is 10.4. The number of ether oxygens (including phenoxy) is 2. The molecule has 0 bridgehead atoms. The van der Waals surface area contributed by atoms with Crippen LogP contribution >= 0.6 is 0 Å². The van der Waals surface area contributed by atoms with E-state index in [9.17, 15) is 22.8 Å². The summed E-state index contributed by atoms with van der Waals surface area (Å²) < 4.78 is 68.7. The van der Waals surface area contributed by atoms with E-state index in [1.54, 1.807) is 38.2 Å². The molecule has 1 fully saturated rings. The Hall–Kier alpha value is -4.39. The Morgan fingerprint density at radius 1 is 1.07 bits per heavy atom. The summed E-state index contributed by atoms with van der Waals surface area (Å²) in [5.74, 6) is -1.94. The number of carbonyl (C=O) groups is 2. The fourth-order valence-electron chi connectivity index (χ4n) is 5.41. The second-order valence-corrected chi connectivity index (χ2v) is 10.4. The summed E-state index contributed by atoms with van der Waals surface area (Å²) in [6, 6.07) is 9.35. The van der Waals surface area contributed by atoms with Crippen LogP contribution in [0.2, 0.25) is 0 Å². The molecule has 1 aliphatic rings. The Labute approximate surface area is 259 Å². The summed E-state index contributed by atoms with van der Waals surface area (Å²) in [5, 5.41) is 5.69. The van der Waals surface area contributed by atoms with Crippen LogP contribution < -0.4 is 25.0 Å². The van der Waals surface area contributed by atoms with Gasteiger partial charge in [0.25, 0.3) is 11.8 Å². The zero-order chi connectivity index (χ0) is 32.7. The molecule has 4 rings (SSSR count). The van der Waals surface area contributed by atoms with Crippen LogP contribution in [0.25, 0.3) is 11.1 Å². The Morgan fingerprint density at radius 2 is 1.84 bits per heavy atom. The number of hydrogen-bond donors (Lipinski definition) is 2. The summed E-state index contributed by atoms with van der Waals surface area (Å²) in [7, 11) is 2.98. The highest BCUT2D eigenvalue weighted by atomic mass is 19.4. The lowest BCUT2D eigenvalue weighted by Crippen LogP contribution is -2.55. The normalized spacial score (nSPS) is 15.2. The Morgan fingerprint density at radius 3 is 2.51 bits per heavy atom. The number of nitrogens with zero attached hydrogens (tertiary/aromatic N) is 3. The highest BCUT2D eigenvalue weighted by Crippen LogP contribution is 2.38. The van der Waals surface area contributed by atoms with Gasteiger partial charge in [0.2, 0.25) is 5.88 Å². The molecule has 0 aliphatic carbocycles. The molecule has 2 amide bonds. The molecule has 2 N–H and O–H groups in total. The van der Waals surface area contributed by atoms with Crippen molar-refractivity contribution in [3.8, 4) is 22.8 Å². The molecule has 1 saturated heterocycles. The first-order chi connectivity index (χ1) is 21.5. The van der Waals surface area contributed by atoms with Crippen LogP contribution in [0.4, 0.5) is 23.2 Å². The van der Waals surface area contributed by atoms with Crippen molar-refractivity contribution in [3.63, 3.8) is 0 Å². The smallest absolute Gasteiger partial charge is 0.417 e. The number of carbonyl (C=O) groups excluding carboxylic acids is 2. The predicted octanol–water partition coefficient (Wildman–Crippen LogP) is 5.00. The Kier molecular flexibility index (Phi) is 10.9. The molecule has 0 unspecified atom stereocenters. The standard InChI is InChI=1S/C32H37F4N5O4/c1-5-20-19-40(31(43)24-10-9-21(44-4)18-25(24)32(34,35)36)16-17-41(20)26-12-11-22(23-8-7-13-39-30(23)45-6-2)28(33)27(26)29(42)38-15-14-37-3/h7-13,18,20,37H,5-6,14-17,19H2,1-4H3,(H,38,42)/t20-/m1/s1. The summed E-state index contributed by atoms with van der Waals surface area (Å²) in [6.07, 6.45) is -2.77. The molecule has 2 heterocycles. The number of likely N-dealkylation sites (N-methyl/N-ethyl adjacent to an activating group) is 1. The molecular weight excluding hydrogens is 594 g/mol. The fraction of sp³-hybridized carbons (Fsp3) is 0.406. The number of halogens is 4. The maximum Gasteiger partial charge on any atom is 0.417 e. The topological polar surface area (TPSA) is 96.0 Å². The third-order valence-corrected chi connectivity index (χ3v) is 7.66. The number of aromatic nitrogens is 1. The SMILES string of the molecule is CCOc1ncccc1-c1ccc(N2CCN(C(=O)c3ccc(OC)cc3C(F)(F)F)C[C@H]2CC)c(C(=O)NCCNC)c1F. The lowest BCUT2D eigenvalue weighted by molar-refractivity contribution is -0.138. The van der Waals surface area contributed by atoms with E-state index in [1.165, 1.54) is 24.3 Å². The minimum absolute atomic E-state index is 0.0132. The highest BCUT2D eigenvalue weighted by Gasteiger charge is 2.39. The average Bonchev–Trinajstić information content (AvgIpc) is 3.03. The maximum atomic E-state index is 16.5. The number of hydrogen-bond acceptors (Lipinski definition) is 7. The van der Waals surface area contributed by atoms with Gasteiger partial charge in [-0.25, -0.2) is 9.37 Å². The quantitative estimate of drug-likeness (QED) is 0.227. The van der Waals surface area contributed by atoms with Crippen molar-refractivity contribution in [3.05, 3.63) is 71.2 Å². The van der Waals surface area contributed by atoms with Crippen LogP contribution in [-0.2, 0) is 6.18 Å². The van der Waals surface area contributed by atoms with E-state index in [0.717, 1.165) is 12.1 Å². The minimum Gasteiger partial charge on any atom is -0.497 e. The highest BCUT2D eigenvalue weighted by molar-refractivity contribution is 6.02. The molecule has 0 spiro atoms. The lowest BCUT2D eigenvalue weighted by atomic mass is 9.97.